The zero-order valence-electron chi connectivity index (χ0n) is 19.5. The molecule has 0 bridgehead atoms. The summed E-state index contributed by atoms with van der Waals surface area (Å²) in [7, 11) is 1.60. The molecule has 2 aliphatic rings. The van der Waals surface area contributed by atoms with Gasteiger partial charge in [0.2, 0.25) is 0 Å². The Balaban J connectivity index is 1.55. The Kier molecular flexibility index (Phi) is 7.11. The van der Waals surface area contributed by atoms with E-state index < -0.39 is 23.7 Å². The van der Waals surface area contributed by atoms with Crippen LogP contribution in [-0.2, 0) is 20.5 Å². The number of Topliss-reactive ketones (excluding diaryl/α,β-unsaturated/α-hetero) is 1. The van der Waals surface area contributed by atoms with Gasteiger partial charge >= 0.3 is 6.18 Å². The molecule has 0 radical (unpaired) electrons. The first kappa shape index (κ1) is 24.7. The molecule has 35 heavy (non-hydrogen) atoms. The Bertz CT molecular complexity index is 1110. The minimum Gasteiger partial charge on any atom is -0.381 e. The molecular weight excluding hydrogens is 461 g/mol. The maximum atomic E-state index is 13.9. The average Bonchev–Trinajstić information content (AvgIpc) is 3.30. The smallest absolute Gasteiger partial charge is 0.381 e. The van der Waals surface area contributed by atoms with Gasteiger partial charge in [0.25, 0.3) is 5.91 Å². The van der Waals surface area contributed by atoms with Crippen LogP contribution < -0.4 is 15.2 Å². The lowest BCUT2D eigenvalue weighted by Crippen LogP contribution is -2.37. The number of carbonyl (C=O) groups is 2. The summed E-state index contributed by atoms with van der Waals surface area (Å²) in [6, 6.07) is 12.1. The molecule has 2 aliphatic heterocycles. The number of methoxy groups -OCH3 is 1. The SMILES string of the molecule is COC1CCN(c2ccc(NC(=O)C3=NN(c4ccccc4)C(C(C)=O)C3)cc2C(F)(F)F)CC1. The number of amides is 1. The van der Waals surface area contributed by atoms with Crippen molar-refractivity contribution >= 4 is 34.5 Å². The van der Waals surface area contributed by atoms with Crippen LogP contribution in [0.15, 0.2) is 53.6 Å². The highest BCUT2D eigenvalue weighted by Gasteiger charge is 2.37. The number of carbonyl (C=O) groups excluding carboxylic acids is 2. The van der Waals surface area contributed by atoms with E-state index in [1.165, 1.54) is 24.1 Å². The third-order valence-corrected chi connectivity index (χ3v) is 6.34. The molecule has 10 heteroatoms. The van der Waals surface area contributed by atoms with Crippen molar-refractivity contribution in [1.29, 1.82) is 0 Å². The quantitative estimate of drug-likeness (QED) is 0.649. The van der Waals surface area contributed by atoms with E-state index in [0.29, 0.717) is 31.6 Å². The van der Waals surface area contributed by atoms with Gasteiger partial charge < -0.3 is 15.0 Å². The second-order valence-electron chi connectivity index (χ2n) is 8.66. The van der Waals surface area contributed by atoms with Crippen LogP contribution in [0.2, 0.25) is 0 Å². The normalized spacial score (nSPS) is 19.0. The van der Waals surface area contributed by atoms with E-state index in [1.807, 2.05) is 6.07 Å². The summed E-state index contributed by atoms with van der Waals surface area (Å²) in [5.74, 6) is -0.808. The first-order chi connectivity index (χ1) is 16.7. The molecule has 0 spiro atoms. The topological polar surface area (TPSA) is 74.2 Å². The van der Waals surface area contributed by atoms with Crippen LogP contribution in [0, 0.1) is 0 Å². The van der Waals surface area contributed by atoms with Crippen LogP contribution in [-0.4, -0.2) is 49.7 Å². The van der Waals surface area contributed by atoms with Gasteiger partial charge in [-0.2, -0.15) is 18.3 Å². The van der Waals surface area contributed by atoms with Crippen molar-refractivity contribution in [3.8, 4) is 0 Å². The van der Waals surface area contributed by atoms with E-state index in [4.69, 9.17) is 4.74 Å². The van der Waals surface area contributed by atoms with Crippen molar-refractivity contribution in [2.45, 2.75) is 44.5 Å². The number of rotatable bonds is 6. The lowest BCUT2D eigenvalue weighted by atomic mass is 10.0. The van der Waals surface area contributed by atoms with Crippen molar-refractivity contribution in [2.75, 3.05) is 35.4 Å². The second kappa shape index (κ2) is 10.1. The fourth-order valence-electron chi connectivity index (χ4n) is 4.43. The number of piperidine rings is 1. The predicted molar refractivity (Wildman–Crippen MR) is 128 cm³/mol. The summed E-state index contributed by atoms with van der Waals surface area (Å²) in [6.07, 6.45) is -3.21. The molecule has 1 unspecified atom stereocenters. The molecule has 1 N–H and O–H groups in total. The molecule has 0 aromatic heterocycles. The standard InChI is InChI=1S/C25H27F3N4O3/c1-16(33)23-15-21(30-32(23)18-6-4-3-5-7-18)24(34)29-17-8-9-22(20(14-17)25(26,27)28)31-12-10-19(35-2)11-13-31/h3-9,14,19,23H,10-13,15H2,1-2H3,(H,29,34). The third kappa shape index (κ3) is 5.48. The Hall–Kier alpha value is -3.40. The minimum atomic E-state index is -4.59. The number of hydrazone groups is 1. The van der Waals surface area contributed by atoms with E-state index in [2.05, 4.69) is 10.4 Å². The molecular formula is C25H27F3N4O3. The monoisotopic (exact) mass is 488 g/mol. The number of nitrogens with one attached hydrogen (secondary N) is 1. The number of benzene rings is 2. The summed E-state index contributed by atoms with van der Waals surface area (Å²) in [5.41, 5.74) is 0.00470. The van der Waals surface area contributed by atoms with Gasteiger partial charge in [0, 0.05) is 38.0 Å². The van der Waals surface area contributed by atoms with E-state index >= 15 is 0 Å². The summed E-state index contributed by atoms with van der Waals surface area (Å²) in [6.45, 7) is 2.32. The number of halogens is 3. The first-order valence-corrected chi connectivity index (χ1v) is 11.4. The van der Waals surface area contributed by atoms with Gasteiger partial charge in [0.1, 0.15) is 11.8 Å². The molecule has 1 saturated heterocycles. The molecule has 186 valence electrons. The molecule has 0 aliphatic carbocycles. The molecule has 2 aromatic rings. The average molecular weight is 489 g/mol. The number of ketones is 1. The number of ether oxygens (including phenoxy) is 1. The Morgan fingerprint density at radius 1 is 1.09 bits per heavy atom. The highest BCUT2D eigenvalue weighted by atomic mass is 19.4. The summed E-state index contributed by atoms with van der Waals surface area (Å²) in [5, 5.41) is 8.31. The van der Waals surface area contributed by atoms with Gasteiger partial charge in [-0.05, 0) is 50.1 Å². The Morgan fingerprint density at radius 2 is 1.77 bits per heavy atom. The second-order valence-corrected chi connectivity index (χ2v) is 8.66. The van der Waals surface area contributed by atoms with Crippen molar-refractivity contribution in [1.82, 2.24) is 0 Å². The van der Waals surface area contributed by atoms with Gasteiger partial charge in [0.05, 0.1) is 17.4 Å². The largest absolute Gasteiger partial charge is 0.418 e. The lowest BCUT2D eigenvalue weighted by molar-refractivity contribution is -0.137. The number of alkyl halides is 3. The van der Waals surface area contributed by atoms with E-state index in [1.54, 1.807) is 36.3 Å². The van der Waals surface area contributed by atoms with Crippen LogP contribution in [0.1, 0.15) is 31.7 Å². The summed E-state index contributed by atoms with van der Waals surface area (Å²) in [4.78, 5) is 26.7. The van der Waals surface area contributed by atoms with Crippen molar-refractivity contribution in [3.63, 3.8) is 0 Å². The molecule has 1 atom stereocenters. The van der Waals surface area contributed by atoms with Gasteiger partial charge in [-0.25, -0.2) is 0 Å². The lowest BCUT2D eigenvalue weighted by Gasteiger charge is -2.34. The van der Waals surface area contributed by atoms with Crippen LogP contribution in [0.3, 0.4) is 0 Å². The van der Waals surface area contributed by atoms with Crippen LogP contribution >= 0.6 is 0 Å². The van der Waals surface area contributed by atoms with E-state index in [0.717, 1.165) is 6.07 Å². The molecule has 7 nitrogen and oxygen atoms in total. The van der Waals surface area contributed by atoms with Gasteiger partial charge in [-0.3, -0.25) is 14.6 Å². The zero-order valence-corrected chi connectivity index (χ0v) is 19.5. The van der Waals surface area contributed by atoms with Crippen LogP contribution in [0.25, 0.3) is 0 Å². The number of hydrogen-bond acceptors (Lipinski definition) is 6. The third-order valence-electron chi connectivity index (χ3n) is 6.34. The Labute approximate surface area is 201 Å². The Morgan fingerprint density at radius 3 is 2.37 bits per heavy atom. The minimum absolute atomic E-state index is 0.0121. The molecule has 4 rings (SSSR count). The molecule has 1 amide bonds. The van der Waals surface area contributed by atoms with Gasteiger partial charge in [0.15, 0.2) is 5.78 Å². The van der Waals surface area contributed by atoms with Crippen molar-refractivity contribution in [3.05, 3.63) is 54.1 Å². The zero-order chi connectivity index (χ0) is 25.2. The first-order valence-electron chi connectivity index (χ1n) is 11.4. The highest BCUT2D eigenvalue weighted by molar-refractivity contribution is 6.44. The van der Waals surface area contributed by atoms with Gasteiger partial charge in [-0.15, -0.1) is 0 Å². The van der Waals surface area contributed by atoms with Crippen LogP contribution in [0.5, 0.6) is 0 Å². The molecule has 1 fully saturated rings. The van der Waals surface area contributed by atoms with E-state index in [9.17, 15) is 22.8 Å². The fourth-order valence-corrected chi connectivity index (χ4v) is 4.43. The van der Waals surface area contributed by atoms with Gasteiger partial charge in [-0.1, -0.05) is 18.2 Å². The van der Waals surface area contributed by atoms with Crippen LogP contribution in [0.4, 0.5) is 30.2 Å². The van der Waals surface area contributed by atoms with Crippen molar-refractivity contribution in [2.24, 2.45) is 5.10 Å². The number of anilines is 3. The number of hydrogen-bond donors (Lipinski definition) is 1. The van der Waals surface area contributed by atoms with E-state index in [-0.39, 0.29) is 35.4 Å². The number of nitrogens with zero attached hydrogens (tertiary/aromatic N) is 3. The summed E-state index contributed by atoms with van der Waals surface area (Å²) >= 11 is 0. The predicted octanol–water partition coefficient (Wildman–Crippen LogP) is 4.48. The molecule has 2 heterocycles. The molecule has 0 saturated carbocycles. The molecule has 2 aromatic carbocycles. The maximum Gasteiger partial charge on any atom is 0.418 e. The van der Waals surface area contributed by atoms with Crippen molar-refractivity contribution < 1.29 is 27.5 Å². The fraction of sp³-hybridized carbons (Fsp3) is 0.400. The number of para-hydroxylation sites is 1. The summed E-state index contributed by atoms with van der Waals surface area (Å²) < 4.78 is 47.0. The highest BCUT2D eigenvalue weighted by Crippen LogP contribution is 2.39. The maximum absolute atomic E-state index is 13.9.